The fourth-order valence-electron chi connectivity index (χ4n) is 1.93. The Kier molecular flexibility index (Phi) is 4.56. The highest BCUT2D eigenvalue weighted by atomic mass is 32.2. The monoisotopic (exact) mass is 315 g/mol. The summed E-state index contributed by atoms with van der Waals surface area (Å²) in [5.74, 6) is 0.0598. The lowest BCUT2D eigenvalue weighted by Gasteiger charge is -2.14. The van der Waals surface area contributed by atoms with Crippen LogP contribution in [0.15, 0.2) is 16.9 Å². The summed E-state index contributed by atoms with van der Waals surface area (Å²) in [6, 6.07) is -0.166. The maximum Gasteiger partial charge on any atom is 0.225 e. The number of aromatic nitrogens is 1. The second-order valence-corrected chi connectivity index (χ2v) is 7.30. The number of nitrogens with one attached hydrogen (secondary N) is 1. The molecule has 1 aromatic rings. The normalized spacial score (nSPS) is 20.2. The van der Waals surface area contributed by atoms with Crippen molar-refractivity contribution in [2.75, 3.05) is 17.2 Å². The molecule has 1 aliphatic heterocycles. The van der Waals surface area contributed by atoms with Gasteiger partial charge in [-0.05, 0) is 6.92 Å². The molecule has 1 aromatic heterocycles. The third kappa shape index (κ3) is 3.65. The van der Waals surface area contributed by atoms with Crippen molar-refractivity contribution >= 4 is 32.2 Å². The molecule has 0 saturated heterocycles. The van der Waals surface area contributed by atoms with Crippen molar-refractivity contribution in [3.8, 4) is 0 Å². The summed E-state index contributed by atoms with van der Waals surface area (Å²) in [6.45, 7) is 4.47. The van der Waals surface area contributed by atoms with E-state index in [0.717, 1.165) is 5.69 Å². The standard InChI is InChI=1S/C12H17N3O3S2/c1-3-15(9(2)16)12-14-11(7-19-12)6-13-10-4-5-20(17,18)8-10/h4-5,7,10,13H,3,6,8H2,1-2H3. The van der Waals surface area contributed by atoms with Crippen LogP contribution < -0.4 is 10.2 Å². The van der Waals surface area contributed by atoms with Gasteiger partial charge in [-0.3, -0.25) is 9.69 Å². The van der Waals surface area contributed by atoms with E-state index >= 15 is 0 Å². The smallest absolute Gasteiger partial charge is 0.225 e. The van der Waals surface area contributed by atoms with Crippen molar-refractivity contribution in [1.82, 2.24) is 10.3 Å². The SMILES string of the molecule is CCN(C(C)=O)c1nc(CNC2C=CS(=O)(=O)C2)cs1. The van der Waals surface area contributed by atoms with Gasteiger partial charge in [-0.1, -0.05) is 6.08 Å². The topological polar surface area (TPSA) is 79.4 Å². The van der Waals surface area contributed by atoms with Gasteiger partial charge in [-0.2, -0.15) is 0 Å². The first-order valence-corrected chi connectivity index (χ1v) is 8.87. The quantitative estimate of drug-likeness (QED) is 0.874. The Hall–Kier alpha value is -1.25. The van der Waals surface area contributed by atoms with Gasteiger partial charge in [0.2, 0.25) is 5.91 Å². The van der Waals surface area contributed by atoms with Gasteiger partial charge < -0.3 is 5.32 Å². The summed E-state index contributed by atoms with van der Waals surface area (Å²) in [5.41, 5.74) is 0.808. The van der Waals surface area contributed by atoms with Crippen molar-refractivity contribution in [1.29, 1.82) is 0 Å². The van der Waals surface area contributed by atoms with Crippen LogP contribution in [-0.4, -0.2) is 37.6 Å². The summed E-state index contributed by atoms with van der Waals surface area (Å²) in [7, 11) is -3.04. The number of carbonyl (C=O) groups is 1. The van der Waals surface area contributed by atoms with Gasteiger partial charge in [0, 0.05) is 36.8 Å². The number of hydrogen-bond acceptors (Lipinski definition) is 6. The lowest BCUT2D eigenvalue weighted by molar-refractivity contribution is -0.116. The van der Waals surface area contributed by atoms with Crippen LogP contribution in [-0.2, 0) is 21.2 Å². The summed E-state index contributed by atoms with van der Waals surface area (Å²) >= 11 is 1.41. The highest BCUT2D eigenvalue weighted by Crippen LogP contribution is 2.20. The number of hydrogen-bond donors (Lipinski definition) is 1. The van der Waals surface area contributed by atoms with Crippen LogP contribution in [0.3, 0.4) is 0 Å². The number of thiazole rings is 1. The summed E-state index contributed by atoms with van der Waals surface area (Å²) < 4.78 is 22.6. The molecule has 1 atom stereocenters. The molecular formula is C12H17N3O3S2. The minimum absolute atomic E-state index is 0.0359. The lowest BCUT2D eigenvalue weighted by atomic mass is 10.3. The predicted octanol–water partition coefficient (Wildman–Crippen LogP) is 0.916. The highest BCUT2D eigenvalue weighted by Gasteiger charge is 2.21. The number of carbonyl (C=O) groups excluding carboxylic acids is 1. The molecular weight excluding hydrogens is 298 g/mol. The van der Waals surface area contributed by atoms with E-state index in [1.165, 1.54) is 23.7 Å². The van der Waals surface area contributed by atoms with Gasteiger partial charge in [0.15, 0.2) is 15.0 Å². The van der Waals surface area contributed by atoms with Gasteiger partial charge >= 0.3 is 0 Å². The van der Waals surface area contributed by atoms with Crippen LogP contribution in [0.1, 0.15) is 19.5 Å². The van der Waals surface area contributed by atoms with Crippen molar-refractivity contribution in [2.45, 2.75) is 26.4 Å². The predicted molar refractivity (Wildman–Crippen MR) is 79.4 cm³/mol. The zero-order valence-electron chi connectivity index (χ0n) is 11.4. The molecule has 1 N–H and O–H groups in total. The molecule has 8 heteroatoms. The first kappa shape index (κ1) is 15.1. The van der Waals surface area contributed by atoms with Crippen molar-refractivity contribution in [3.63, 3.8) is 0 Å². The molecule has 110 valence electrons. The van der Waals surface area contributed by atoms with Crippen LogP contribution in [0.2, 0.25) is 0 Å². The second-order valence-electron chi connectivity index (χ2n) is 4.53. The van der Waals surface area contributed by atoms with E-state index in [9.17, 15) is 13.2 Å². The summed E-state index contributed by atoms with van der Waals surface area (Å²) in [6.07, 6.45) is 1.65. The van der Waals surface area contributed by atoms with E-state index in [1.807, 2.05) is 12.3 Å². The Labute approximate surface area is 122 Å². The van der Waals surface area contributed by atoms with Gasteiger partial charge in [0.1, 0.15) is 0 Å². The minimum atomic E-state index is -3.04. The van der Waals surface area contributed by atoms with E-state index < -0.39 is 9.84 Å². The minimum Gasteiger partial charge on any atom is -0.304 e. The number of rotatable bonds is 5. The fraction of sp³-hybridized carbons (Fsp3) is 0.500. The zero-order valence-corrected chi connectivity index (χ0v) is 13.0. The van der Waals surface area contributed by atoms with Gasteiger partial charge in [-0.15, -0.1) is 11.3 Å². The zero-order chi connectivity index (χ0) is 14.8. The molecule has 0 aliphatic carbocycles. The third-order valence-corrected chi connectivity index (χ3v) is 5.25. The molecule has 2 heterocycles. The van der Waals surface area contributed by atoms with E-state index in [2.05, 4.69) is 10.3 Å². The molecule has 0 aromatic carbocycles. The molecule has 0 spiro atoms. The number of sulfone groups is 1. The van der Waals surface area contributed by atoms with Crippen LogP contribution in [0.5, 0.6) is 0 Å². The maximum absolute atomic E-state index is 11.4. The molecule has 20 heavy (non-hydrogen) atoms. The van der Waals surface area contributed by atoms with Crippen LogP contribution in [0.4, 0.5) is 5.13 Å². The van der Waals surface area contributed by atoms with Crippen LogP contribution in [0.25, 0.3) is 0 Å². The van der Waals surface area contributed by atoms with E-state index in [-0.39, 0.29) is 17.7 Å². The fourth-order valence-corrected chi connectivity index (χ4v) is 4.13. The first-order chi connectivity index (χ1) is 9.41. The Morgan fingerprint density at radius 3 is 2.90 bits per heavy atom. The number of nitrogens with zero attached hydrogens (tertiary/aromatic N) is 2. The van der Waals surface area contributed by atoms with E-state index in [1.54, 1.807) is 11.0 Å². The maximum atomic E-state index is 11.4. The van der Waals surface area contributed by atoms with Crippen LogP contribution >= 0.6 is 11.3 Å². The Morgan fingerprint density at radius 1 is 1.60 bits per heavy atom. The van der Waals surface area contributed by atoms with E-state index in [4.69, 9.17) is 0 Å². The first-order valence-electron chi connectivity index (χ1n) is 6.28. The van der Waals surface area contributed by atoms with Gasteiger partial charge in [-0.25, -0.2) is 13.4 Å². The molecule has 1 aliphatic rings. The molecule has 6 nitrogen and oxygen atoms in total. The Bertz CT molecular complexity index is 622. The van der Waals surface area contributed by atoms with Crippen LogP contribution in [0, 0.1) is 0 Å². The molecule has 1 amide bonds. The second kappa shape index (κ2) is 6.02. The number of anilines is 1. The molecule has 0 fully saturated rings. The molecule has 1 unspecified atom stereocenters. The molecule has 0 saturated carbocycles. The molecule has 0 radical (unpaired) electrons. The van der Waals surface area contributed by atoms with Gasteiger partial charge in [0.05, 0.1) is 11.4 Å². The Balaban J connectivity index is 1.94. The third-order valence-electron chi connectivity index (χ3n) is 2.94. The number of amides is 1. The summed E-state index contributed by atoms with van der Waals surface area (Å²) in [5, 5.41) is 6.92. The Morgan fingerprint density at radius 2 is 2.35 bits per heavy atom. The largest absolute Gasteiger partial charge is 0.304 e. The van der Waals surface area contributed by atoms with Crippen molar-refractivity contribution < 1.29 is 13.2 Å². The summed E-state index contributed by atoms with van der Waals surface area (Å²) in [4.78, 5) is 17.4. The van der Waals surface area contributed by atoms with E-state index in [0.29, 0.717) is 18.2 Å². The molecule has 0 bridgehead atoms. The molecule has 2 rings (SSSR count). The van der Waals surface area contributed by atoms with Gasteiger partial charge in [0.25, 0.3) is 0 Å². The van der Waals surface area contributed by atoms with Crippen molar-refractivity contribution in [3.05, 3.63) is 22.6 Å². The van der Waals surface area contributed by atoms with Crippen molar-refractivity contribution in [2.24, 2.45) is 0 Å². The average Bonchev–Trinajstić information content (AvgIpc) is 2.94. The lowest BCUT2D eigenvalue weighted by Crippen LogP contribution is -2.30. The highest BCUT2D eigenvalue weighted by molar-refractivity contribution is 7.94. The average molecular weight is 315 g/mol.